The molecule has 0 unspecified atom stereocenters. The number of unbranched alkanes of at least 4 members (excludes halogenated alkanes) is 1. The summed E-state index contributed by atoms with van der Waals surface area (Å²) in [6.07, 6.45) is -0.838. The Balaban J connectivity index is 1.16. The summed E-state index contributed by atoms with van der Waals surface area (Å²) in [4.78, 5) is 14.0. The molecule has 2 fully saturated rings. The van der Waals surface area contributed by atoms with Crippen LogP contribution in [0.3, 0.4) is 0 Å². The van der Waals surface area contributed by atoms with Crippen molar-refractivity contribution >= 4 is 6.09 Å². The van der Waals surface area contributed by atoms with E-state index >= 15 is 0 Å². The van der Waals surface area contributed by atoms with Gasteiger partial charge in [-0.2, -0.15) is 0 Å². The molecule has 0 spiro atoms. The van der Waals surface area contributed by atoms with Crippen molar-refractivity contribution in [3.8, 4) is 5.75 Å². The van der Waals surface area contributed by atoms with Gasteiger partial charge >= 0.3 is 6.09 Å². The second-order valence-electron chi connectivity index (χ2n) is 11.0. The summed E-state index contributed by atoms with van der Waals surface area (Å²) in [5, 5.41) is 23.6. The summed E-state index contributed by atoms with van der Waals surface area (Å²) in [5.41, 5.74) is 2.15. The number of benzene rings is 2. The number of hydrogen-bond acceptors (Lipinski definition) is 10. The van der Waals surface area contributed by atoms with Gasteiger partial charge in [0.15, 0.2) is 12.6 Å². The summed E-state index contributed by atoms with van der Waals surface area (Å²) in [6.45, 7) is 6.72. The molecule has 238 valence electrons. The molecule has 2 aliphatic heterocycles. The number of carbonyl (C=O) groups is 1. The maximum absolute atomic E-state index is 11.9. The molecular formula is C32H46N2O9. The van der Waals surface area contributed by atoms with Crippen molar-refractivity contribution in [1.82, 2.24) is 10.2 Å². The fourth-order valence-corrected chi connectivity index (χ4v) is 4.99. The van der Waals surface area contributed by atoms with E-state index in [0.717, 1.165) is 30.6 Å². The molecule has 2 aromatic rings. The summed E-state index contributed by atoms with van der Waals surface area (Å²) in [5.74, 6) is 0.762. The van der Waals surface area contributed by atoms with Gasteiger partial charge in [-0.05, 0) is 56.4 Å². The SMILES string of the molecule is C[C@@H]1OC[C@@H](O)[C@H](CN(CCOc2ccc(CCCCNC(=O)OCc3ccccc3)cc2)C[C@@H]2O[C@H](C)OC[C@H]2O)O1. The number of aryl methyl sites for hydroxylation is 1. The highest BCUT2D eigenvalue weighted by Crippen LogP contribution is 2.19. The molecule has 2 aliphatic rings. The van der Waals surface area contributed by atoms with Crippen LogP contribution >= 0.6 is 0 Å². The molecular weight excluding hydrogens is 556 g/mol. The summed E-state index contributed by atoms with van der Waals surface area (Å²) in [6, 6.07) is 17.6. The first-order valence-corrected chi connectivity index (χ1v) is 15.1. The molecule has 11 nitrogen and oxygen atoms in total. The minimum Gasteiger partial charge on any atom is -0.492 e. The third-order valence-electron chi connectivity index (χ3n) is 7.44. The third kappa shape index (κ3) is 11.7. The van der Waals surface area contributed by atoms with Gasteiger partial charge in [0, 0.05) is 26.2 Å². The number of ether oxygens (including phenoxy) is 6. The lowest BCUT2D eigenvalue weighted by atomic mass is 10.1. The van der Waals surface area contributed by atoms with Gasteiger partial charge in [-0.3, -0.25) is 4.90 Å². The number of nitrogens with zero attached hydrogens (tertiary/aromatic N) is 1. The summed E-state index contributed by atoms with van der Waals surface area (Å²) in [7, 11) is 0. The minimum atomic E-state index is -0.740. The first-order valence-electron chi connectivity index (χ1n) is 15.1. The quantitative estimate of drug-likeness (QED) is 0.262. The Morgan fingerprint density at radius 2 is 1.51 bits per heavy atom. The van der Waals surface area contributed by atoms with E-state index in [9.17, 15) is 15.0 Å². The van der Waals surface area contributed by atoms with Crippen LogP contribution in [0.25, 0.3) is 0 Å². The maximum atomic E-state index is 11.9. The van der Waals surface area contributed by atoms with Gasteiger partial charge in [0.25, 0.3) is 0 Å². The van der Waals surface area contributed by atoms with E-state index in [2.05, 4.69) is 22.3 Å². The van der Waals surface area contributed by atoms with E-state index in [0.29, 0.717) is 32.8 Å². The molecule has 2 saturated heterocycles. The third-order valence-corrected chi connectivity index (χ3v) is 7.44. The van der Waals surface area contributed by atoms with Gasteiger partial charge in [-0.1, -0.05) is 42.5 Å². The standard InChI is InChI=1S/C32H46N2O9/c1-23-39-21-28(35)30(42-23)18-34(19-31-29(36)22-40-24(2)43-31)16-17-38-27-13-11-25(12-14-27)8-6-7-15-33-32(37)41-20-26-9-4-3-5-10-26/h3-5,9-14,23-24,28-31,35-36H,6-8,15-22H2,1-2H3,(H,33,37)/t23-,24-,28-,29-,30+,31+/m1/s1. The first-order chi connectivity index (χ1) is 20.9. The summed E-state index contributed by atoms with van der Waals surface area (Å²) < 4.78 is 33.7. The number of hydrogen-bond donors (Lipinski definition) is 3. The van der Waals surface area contributed by atoms with Crippen LogP contribution in [0, 0.1) is 0 Å². The Morgan fingerprint density at radius 3 is 2.14 bits per heavy atom. The number of alkyl carbamates (subject to hydrolysis) is 1. The molecule has 6 atom stereocenters. The van der Waals surface area contributed by atoms with Crippen LogP contribution in [0.1, 0.15) is 37.8 Å². The number of aliphatic hydroxyl groups excluding tert-OH is 2. The Bertz CT molecular complexity index is 1050. The van der Waals surface area contributed by atoms with Crippen molar-refractivity contribution in [2.24, 2.45) is 0 Å². The molecule has 2 aromatic carbocycles. The number of rotatable bonds is 15. The molecule has 1 amide bonds. The predicted molar refractivity (Wildman–Crippen MR) is 159 cm³/mol. The fraction of sp³-hybridized carbons (Fsp3) is 0.594. The maximum Gasteiger partial charge on any atom is 0.407 e. The van der Waals surface area contributed by atoms with Gasteiger partial charge in [-0.25, -0.2) is 4.79 Å². The molecule has 43 heavy (non-hydrogen) atoms. The lowest BCUT2D eigenvalue weighted by Gasteiger charge is -2.39. The zero-order valence-corrected chi connectivity index (χ0v) is 25.1. The highest BCUT2D eigenvalue weighted by Gasteiger charge is 2.34. The van der Waals surface area contributed by atoms with E-state index in [4.69, 9.17) is 28.4 Å². The largest absolute Gasteiger partial charge is 0.492 e. The van der Waals surface area contributed by atoms with E-state index in [1.165, 1.54) is 5.56 Å². The molecule has 11 heteroatoms. The zero-order chi connectivity index (χ0) is 30.4. The molecule has 0 aromatic heterocycles. The lowest BCUT2D eigenvalue weighted by Crippen LogP contribution is -2.54. The van der Waals surface area contributed by atoms with Gasteiger partial charge < -0.3 is 44.0 Å². The molecule has 2 heterocycles. The number of carbonyl (C=O) groups excluding carboxylic acids is 1. The van der Waals surface area contributed by atoms with Crippen molar-refractivity contribution in [1.29, 1.82) is 0 Å². The molecule has 0 bridgehead atoms. The van der Waals surface area contributed by atoms with E-state index in [1.807, 2.05) is 56.3 Å². The van der Waals surface area contributed by atoms with E-state index in [1.54, 1.807) is 0 Å². The van der Waals surface area contributed by atoms with Gasteiger partial charge in [0.2, 0.25) is 0 Å². The first kappa shape index (κ1) is 33.1. The highest BCUT2D eigenvalue weighted by atomic mass is 16.7. The fourth-order valence-electron chi connectivity index (χ4n) is 4.99. The van der Waals surface area contributed by atoms with E-state index < -0.39 is 43.1 Å². The van der Waals surface area contributed by atoms with Crippen molar-refractivity contribution in [2.75, 3.05) is 46.0 Å². The predicted octanol–water partition coefficient (Wildman–Crippen LogP) is 2.86. The normalized spacial score (nSPS) is 25.8. The lowest BCUT2D eigenvalue weighted by molar-refractivity contribution is -0.257. The average molecular weight is 603 g/mol. The number of aliphatic hydroxyl groups is 2. The molecule has 0 saturated carbocycles. The van der Waals surface area contributed by atoms with E-state index in [-0.39, 0.29) is 19.8 Å². The highest BCUT2D eigenvalue weighted by molar-refractivity contribution is 5.67. The Morgan fingerprint density at radius 1 is 0.884 bits per heavy atom. The summed E-state index contributed by atoms with van der Waals surface area (Å²) >= 11 is 0. The number of amides is 1. The van der Waals surface area contributed by atoms with Crippen LogP contribution < -0.4 is 10.1 Å². The van der Waals surface area contributed by atoms with Gasteiger partial charge in [0.05, 0.1) is 13.2 Å². The van der Waals surface area contributed by atoms with Gasteiger partial charge in [-0.15, -0.1) is 0 Å². The second-order valence-corrected chi connectivity index (χ2v) is 11.0. The van der Waals surface area contributed by atoms with Crippen LogP contribution in [0.4, 0.5) is 4.79 Å². The Hall–Kier alpha value is -2.77. The molecule has 0 radical (unpaired) electrons. The van der Waals surface area contributed by atoms with Crippen molar-refractivity contribution in [2.45, 2.75) is 76.7 Å². The van der Waals surface area contributed by atoms with Gasteiger partial charge in [0.1, 0.15) is 43.4 Å². The average Bonchev–Trinajstić information content (AvgIpc) is 3.01. The molecule has 3 N–H and O–H groups in total. The second kappa shape index (κ2) is 17.5. The van der Waals surface area contributed by atoms with Crippen LogP contribution in [0.15, 0.2) is 54.6 Å². The Labute approximate surface area is 254 Å². The van der Waals surface area contributed by atoms with Crippen LogP contribution in [-0.4, -0.2) is 104 Å². The monoisotopic (exact) mass is 602 g/mol. The van der Waals surface area contributed by atoms with Crippen LogP contribution in [0.5, 0.6) is 5.75 Å². The molecule has 0 aliphatic carbocycles. The topological polar surface area (TPSA) is 128 Å². The zero-order valence-electron chi connectivity index (χ0n) is 25.1. The van der Waals surface area contributed by atoms with Crippen LogP contribution in [0.2, 0.25) is 0 Å². The van der Waals surface area contributed by atoms with Crippen molar-refractivity contribution < 1.29 is 43.4 Å². The smallest absolute Gasteiger partial charge is 0.407 e. The minimum absolute atomic E-state index is 0.216. The van der Waals surface area contributed by atoms with Crippen molar-refractivity contribution in [3.63, 3.8) is 0 Å². The van der Waals surface area contributed by atoms with Crippen molar-refractivity contribution in [3.05, 3.63) is 65.7 Å². The Kier molecular flexibility index (Phi) is 13.5. The van der Waals surface area contributed by atoms with Crippen LogP contribution in [-0.2, 0) is 36.7 Å². The molecule has 4 rings (SSSR count). The number of nitrogens with one attached hydrogen (secondary N) is 1.